The third-order valence-corrected chi connectivity index (χ3v) is 2.31. The van der Waals surface area contributed by atoms with Gasteiger partial charge in [-0.25, -0.2) is 0 Å². The molecule has 0 bridgehead atoms. The molecule has 4 nitrogen and oxygen atoms in total. The number of aliphatic hydroxyl groups is 2. The molecule has 2 unspecified atom stereocenters. The molecular formula is C12H22O4. The lowest BCUT2D eigenvalue weighted by Crippen LogP contribution is -2.47. The Morgan fingerprint density at radius 3 is 1.06 bits per heavy atom. The fourth-order valence-corrected chi connectivity index (χ4v) is 1.17. The molecule has 2 N–H and O–H groups in total. The Morgan fingerprint density at radius 2 is 0.938 bits per heavy atom. The lowest BCUT2D eigenvalue weighted by Gasteiger charge is -2.27. The summed E-state index contributed by atoms with van der Waals surface area (Å²) in [6.45, 7) is 9.79. The van der Waals surface area contributed by atoms with Crippen LogP contribution in [0.15, 0.2) is 0 Å². The Bertz CT molecular complexity index is 250. The van der Waals surface area contributed by atoms with E-state index in [1.54, 1.807) is 41.5 Å². The number of carbonyl (C=O) groups excluding carboxylic acids is 2. The molecule has 0 amide bonds. The predicted molar refractivity (Wildman–Crippen MR) is 60.9 cm³/mol. The second kappa shape index (κ2) is 4.63. The molecule has 0 spiro atoms. The molecule has 0 fully saturated rings. The van der Waals surface area contributed by atoms with Crippen molar-refractivity contribution in [2.75, 3.05) is 0 Å². The van der Waals surface area contributed by atoms with E-state index < -0.39 is 34.6 Å². The summed E-state index contributed by atoms with van der Waals surface area (Å²) in [7, 11) is 0. The largest absolute Gasteiger partial charge is 0.382 e. The highest BCUT2D eigenvalue weighted by Gasteiger charge is 2.39. The third-order valence-electron chi connectivity index (χ3n) is 2.31. The molecule has 0 saturated carbocycles. The van der Waals surface area contributed by atoms with Crippen molar-refractivity contribution in [2.45, 2.75) is 53.8 Å². The maximum absolute atomic E-state index is 11.7. The Kier molecular flexibility index (Phi) is 4.42. The van der Waals surface area contributed by atoms with E-state index in [9.17, 15) is 19.8 Å². The average Bonchev–Trinajstić information content (AvgIpc) is 2.10. The molecule has 0 saturated heterocycles. The first-order valence-corrected chi connectivity index (χ1v) is 5.34. The Balaban J connectivity index is 4.83. The summed E-state index contributed by atoms with van der Waals surface area (Å²) in [6, 6.07) is 0. The van der Waals surface area contributed by atoms with E-state index in [1.807, 2.05) is 0 Å². The second-order valence-corrected chi connectivity index (χ2v) is 6.12. The van der Waals surface area contributed by atoms with E-state index in [4.69, 9.17) is 0 Å². The molecule has 94 valence electrons. The number of rotatable bonds is 3. The Morgan fingerprint density at radius 1 is 0.750 bits per heavy atom. The highest BCUT2D eigenvalue weighted by atomic mass is 16.3. The van der Waals surface area contributed by atoms with Gasteiger partial charge >= 0.3 is 0 Å². The lowest BCUT2D eigenvalue weighted by molar-refractivity contribution is -0.152. The first kappa shape index (κ1) is 15.3. The van der Waals surface area contributed by atoms with Gasteiger partial charge in [0.05, 0.1) is 0 Å². The number of ketones is 2. The number of Topliss-reactive ketones (excluding diaryl/α,β-unsaturated/α-hetero) is 2. The zero-order chi connectivity index (χ0) is 13.3. The normalized spacial score (nSPS) is 16.8. The van der Waals surface area contributed by atoms with Gasteiger partial charge in [-0.15, -0.1) is 0 Å². The molecule has 0 aromatic heterocycles. The van der Waals surface area contributed by atoms with Crippen LogP contribution in [0.2, 0.25) is 0 Å². The summed E-state index contributed by atoms with van der Waals surface area (Å²) in [4.78, 5) is 23.4. The van der Waals surface area contributed by atoms with Crippen molar-refractivity contribution in [1.29, 1.82) is 0 Å². The van der Waals surface area contributed by atoms with Gasteiger partial charge < -0.3 is 10.2 Å². The minimum absolute atomic E-state index is 0.530. The van der Waals surface area contributed by atoms with E-state index in [2.05, 4.69) is 0 Å². The summed E-state index contributed by atoms with van der Waals surface area (Å²) < 4.78 is 0. The van der Waals surface area contributed by atoms with Crippen molar-refractivity contribution in [3.8, 4) is 0 Å². The number of aliphatic hydroxyl groups excluding tert-OH is 2. The molecule has 0 aliphatic carbocycles. The molecule has 0 aliphatic rings. The second-order valence-electron chi connectivity index (χ2n) is 6.12. The quantitative estimate of drug-likeness (QED) is 0.756. The molecule has 0 radical (unpaired) electrons. The van der Waals surface area contributed by atoms with Gasteiger partial charge in [-0.3, -0.25) is 9.59 Å². The van der Waals surface area contributed by atoms with E-state index in [0.717, 1.165) is 0 Å². The minimum atomic E-state index is -1.65. The van der Waals surface area contributed by atoms with Crippen LogP contribution in [-0.4, -0.2) is 34.0 Å². The van der Waals surface area contributed by atoms with Crippen LogP contribution >= 0.6 is 0 Å². The van der Waals surface area contributed by atoms with Crippen LogP contribution in [0.1, 0.15) is 41.5 Å². The van der Waals surface area contributed by atoms with Gasteiger partial charge in [-0.2, -0.15) is 0 Å². The molecular weight excluding hydrogens is 208 g/mol. The zero-order valence-corrected chi connectivity index (χ0v) is 10.9. The lowest BCUT2D eigenvalue weighted by atomic mass is 9.80. The first-order valence-electron chi connectivity index (χ1n) is 5.34. The van der Waals surface area contributed by atoms with Crippen molar-refractivity contribution >= 4 is 11.6 Å². The number of hydrogen-bond acceptors (Lipinski definition) is 4. The smallest absolute Gasteiger partial charge is 0.169 e. The van der Waals surface area contributed by atoms with Crippen molar-refractivity contribution in [1.82, 2.24) is 0 Å². The van der Waals surface area contributed by atoms with Crippen LogP contribution < -0.4 is 0 Å². The first-order chi connectivity index (χ1) is 6.89. The number of carbonyl (C=O) groups is 2. The van der Waals surface area contributed by atoms with E-state index in [-0.39, 0.29) is 0 Å². The summed E-state index contributed by atoms with van der Waals surface area (Å²) in [5.41, 5.74) is -1.56. The van der Waals surface area contributed by atoms with Crippen LogP contribution in [0.25, 0.3) is 0 Å². The Labute approximate surface area is 96.7 Å². The van der Waals surface area contributed by atoms with Crippen molar-refractivity contribution in [2.24, 2.45) is 10.8 Å². The van der Waals surface area contributed by atoms with Crippen molar-refractivity contribution < 1.29 is 19.8 Å². The summed E-state index contributed by atoms with van der Waals surface area (Å²) in [6.07, 6.45) is -3.29. The van der Waals surface area contributed by atoms with Crippen LogP contribution in [0.5, 0.6) is 0 Å². The summed E-state index contributed by atoms with van der Waals surface area (Å²) >= 11 is 0. The van der Waals surface area contributed by atoms with Gasteiger partial charge in [0.2, 0.25) is 0 Å². The maximum atomic E-state index is 11.7. The van der Waals surface area contributed by atoms with Crippen LogP contribution in [-0.2, 0) is 9.59 Å². The summed E-state index contributed by atoms with van der Waals surface area (Å²) in [5, 5.41) is 19.3. The van der Waals surface area contributed by atoms with E-state index >= 15 is 0 Å². The molecule has 0 rings (SSSR count). The van der Waals surface area contributed by atoms with Crippen molar-refractivity contribution in [3.63, 3.8) is 0 Å². The molecule has 4 heteroatoms. The third kappa shape index (κ3) is 3.68. The fraction of sp³-hybridized carbons (Fsp3) is 0.833. The van der Waals surface area contributed by atoms with Crippen LogP contribution in [0.4, 0.5) is 0 Å². The summed E-state index contributed by atoms with van der Waals surface area (Å²) in [5.74, 6) is -1.06. The highest BCUT2D eigenvalue weighted by molar-refractivity contribution is 5.96. The highest BCUT2D eigenvalue weighted by Crippen LogP contribution is 2.23. The Hall–Kier alpha value is -0.740. The minimum Gasteiger partial charge on any atom is -0.382 e. The van der Waals surface area contributed by atoms with Gasteiger partial charge in [0, 0.05) is 10.8 Å². The molecule has 0 heterocycles. The molecule has 0 aromatic carbocycles. The van der Waals surface area contributed by atoms with Gasteiger partial charge in [-0.1, -0.05) is 41.5 Å². The average molecular weight is 230 g/mol. The SMILES string of the molecule is CC(C)(C)C(=O)C(O)C(O)C(=O)C(C)(C)C. The molecule has 2 atom stereocenters. The fourth-order valence-electron chi connectivity index (χ4n) is 1.17. The monoisotopic (exact) mass is 230 g/mol. The predicted octanol–water partition coefficient (Wildman–Crippen LogP) is 0.939. The molecule has 16 heavy (non-hydrogen) atoms. The van der Waals surface area contributed by atoms with E-state index in [0.29, 0.717) is 0 Å². The topological polar surface area (TPSA) is 74.6 Å². The van der Waals surface area contributed by atoms with E-state index in [1.165, 1.54) is 0 Å². The van der Waals surface area contributed by atoms with Crippen LogP contribution in [0, 0.1) is 10.8 Å². The molecule has 0 aliphatic heterocycles. The van der Waals surface area contributed by atoms with Gasteiger partial charge in [0.1, 0.15) is 12.2 Å². The molecule has 0 aromatic rings. The van der Waals surface area contributed by atoms with Gasteiger partial charge in [0.25, 0.3) is 0 Å². The van der Waals surface area contributed by atoms with Crippen LogP contribution in [0.3, 0.4) is 0 Å². The van der Waals surface area contributed by atoms with Crippen molar-refractivity contribution in [3.05, 3.63) is 0 Å². The zero-order valence-electron chi connectivity index (χ0n) is 10.9. The maximum Gasteiger partial charge on any atom is 0.169 e. The van der Waals surface area contributed by atoms with Gasteiger partial charge in [-0.05, 0) is 0 Å². The van der Waals surface area contributed by atoms with Gasteiger partial charge in [0.15, 0.2) is 11.6 Å². The standard InChI is InChI=1S/C12H22O4/c1-11(2,3)9(15)7(13)8(14)10(16)12(4,5)6/h7-8,13-14H,1-6H3. The number of hydrogen-bond donors (Lipinski definition) is 2.